The molecule has 0 aliphatic heterocycles. The van der Waals surface area contributed by atoms with Gasteiger partial charge in [0.05, 0.1) is 41.9 Å². The average Bonchev–Trinajstić information content (AvgIpc) is 3.49. The summed E-state index contributed by atoms with van der Waals surface area (Å²) < 4.78 is 21.7. The van der Waals surface area contributed by atoms with Crippen molar-refractivity contribution in [1.29, 1.82) is 0 Å². The molecule has 0 fully saturated rings. The molecule has 0 saturated heterocycles. The second-order valence-corrected chi connectivity index (χ2v) is 8.85. The van der Waals surface area contributed by atoms with Crippen molar-refractivity contribution in [3.8, 4) is 0 Å². The number of rotatable bonds is 9. The number of ether oxygens (including phenoxy) is 1. The molecule has 10 heteroatoms. The summed E-state index contributed by atoms with van der Waals surface area (Å²) in [6, 6.07) is 11.3. The highest BCUT2D eigenvalue weighted by Crippen LogP contribution is 2.26. The lowest BCUT2D eigenvalue weighted by Gasteiger charge is -2.14. The number of aromatic nitrogens is 4. The summed E-state index contributed by atoms with van der Waals surface area (Å²) in [6.07, 6.45) is 3.24. The van der Waals surface area contributed by atoms with E-state index in [1.54, 1.807) is 0 Å². The lowest BCUT2D eigenvalue weighted by molar-refractivity contribution is -0.145. The minimum Gasteiger partial charge on any atom is -0.481 e. The highest BCUT2D eigenvalue weighted by Gasteiger charge is 2.22. The van der Waals surface area contributed by atoms with Crippen LogP contribution in [0.5, 0.6) is 0 Å². The normalized spacial score (nSPS) is 12.7. The maximum absolute atomic E-state index is 12.0. The molecule has 2 atom stereocenters. The van der Waals surface area contributed by atoms with Gasteiger partial charge < -0.3 is 9.84 Å². The number of fused-ring (bicyclic) bond motifs is 2. The van der Waals surface area contributed by atoms with Crippen molar-refractivity contribution in [2.24, 2.45) is 0 Å². The fraction of sp³-hybridized carbons (Fsp3) is 0.417. The van der Waals surface area contributed by atoms with Crippen LogP contribution >= 0.6 is 23.5 Å². The second kappa shape index (κ2) is 12.5. The van der Waals surface area contributed by atoms with Crippen LogP contribution in [0.1, 0.15) is 69.4 Å². The molecule has 0 saturated carbocycles. The van der Waals surface area contributed by atoms with Crippen molar-refractivity contribution in [1.82, 2.24) is 17.5 Å². The fourth-order valence-electron chi connectivity index (χ4n) is 3.71. The number of aliphatic carboxylic acids is 1. The molecule has 4 rings (SSSR count). The molecule has 4 aromatic rings. The molecule has 34 heavy (non-hydrogen) atoms. The summed E-state index contributed by atoms with van der Waals surface area (Å²) in [5.41, 5.74) is 5.12. The highest BCUT2D eigenvalue weighted by molar-refractivity contribution is 7.00. The first-order chi connectivity index (χ1) is 16.5. The molecule has 8 nitrogen and oxygen atoms in total. The van der Waals surface area contributed by atoms with E-state index < -0.39 is 11.9 Å². The third kappa shape index (κ3) is 6.32. The van der Waals surface area contributed by atoms with E-state index in [4.69, 9.17) is 9.84 Å². The Morgan fingerprint density at radius 1 is 0.794 bits per heavy atom. The van der Waals surface area contributed by atoms with Gasteiger partial charge in [-0.15, -0.1) is 0 Å². The summed E-state index contributed by atoms with van der Waals surface area (Å²) in [6.45, 7) is 6.29. The maximum atomic E-state index is 12.0. The van der Waals surface area contributed by atoms with E-state index in [0.717, 1.165) is 64.2 Å². The van der Waals surface area contributed by atoms with Crippen LogP contribution in [0.15, 0.2) is 36.4 Å². The number of hydrogen-bond acceptors (Lipinski definition) is 9. The molecular formula is C24H28N4O4S2. The summed E-state index contributed by atoms with van der Waals surface area (Å²) >= 11 is 2.34. The van der Waals surface area contributed by atoms with Crippen molar-refractivity contribution < 1.29 is 19.4 Å². The number of benzene rings is 2. The Kier molecular flexibility index (Phi) is 9.41. The number of carboxylic acid groups (broad SMARTS) is 1. The van der Waals surface area contributed by atoms with Gasteiger partial charge in [-0.25, -0.2) is 0 Å². The number of carbonyl (C=O) groups is 2. The number of esters is 1. The van der Waals surface area contributed by atoms with Crippen LogP contribution in [0.2, 0.25) is 0 Å². The predicted octanol–water partition coefficient (Wildman–Crippen LogP) is 5.80. The van der Waals surface area contributed by atoms with Gasteiger partial charge in [0.15, 0.2) is 0 Å². The molecule has 0 aliphatic rings. The highest BCUT2D eigenvalue weighted by atomic mass is 32.1. The smallest absolute Gasteiger partial charge is 0.313 e. The van der Waals surface area contributed by atoms with Crippen molar-refractivity contribution in [2.75, 3.05) is 6.61 Å². The Bertz CT molecular complexity index is 1240. The largest absolute Gasteiger partial charge is 0.481 e. The Balaban J connectivity index is 0.000000192. The molecule has 0 spiro atoms. The van der Waals surface area contributed by atoms with Gasteiger partial charge >= 0.3 is 11.9 Å². The van der Waals surface area contributed by atoms with E-state index >= 15 is 0 Å². The molecule has 0 radical (unpaired) electrons. The van der Waals surface area contributed by atoms with Crippen molar-refractivity contribution in [2.45, 2.75) is 58.3 Å². The lowest BCUT2D eigenvalue weighted by Crippen LogP contribution is -2.15. The number of hydrogen-bond donors (Lipinski definition) is 1. The van der Waals surface area contributed by atoms with Crippen LogP contribution in [-0.4, -0.2) is 41.1 Å². The van der Waals surface area contributed by atoms with Crippen LogP contribution in [-0.2, 0) is 14.3 Å². The van der Waals surface area contributed by atoms with Crippen LogP contribution in [0.25, 0.3) is 22.1 Å². The van der Waals surface area contributed by atoms with E-state index in [0.29, 0.717) is 13.0 Å². The number of carboxylic acids is 1. The van der Waals surface area contributed by atoms with Crippen molar-refractivity contribution >= 4 is 57.5 Å². The van der Waals surface area contributed by atoms with E-state index in [2.05, 4.69) is 24.4 Å². The standard InChI is InChI=1S/C13H16N2O2S.C11H12N2O2S/c1-3-5-10(13(16)17-4-2)9-6-7-11-12(8-9)15-18-14-11;1-2-3-8(11(14)15)7-4-5-9-10(6-7)13-16-12-9/h6-8,10H,3-5H2,1-2H3;4-6,8H,2-3H2,1H3,(H,14,15). The Labute approximate surface area is 206 Å². The van der Waals surface area contributed by atoms with Crippen molar-refractivity contribution in [3.05, 3.63) is 47.5 Å². The van der Waals surface area contributed by atoms with E-state index in [1.165, 1.54) is 11.7 Å². The van der Waals surface area contributed by atoms with Gasteiger partial charge in [0.1, 0.15) is 22.1 Å². The predicted molar refractivity (Wildman–Crippen MR) is 134 cm³/mol. The van der Waals surface area contributed by atoms with E-state index in [-0.39, 0.29) is 11.9 Å². The summed E-state index contributed by atoms with van der Waals surface area (Å²) in [7, 11) is 0. The van der Waals surface area contributed by atoms with Crippen LogP contribution < -0.4 is 0 Å². The topological polar surface area (TPSA) is 115 Å². The van der Waals surface area contributed by atoms with Crippen LogP contribution in [0.3, 0.4) is 0 Å². The fourth-order valence-corrected chi connectivity index (χ4v) is 4.74. The Morgan fingerprint density at radius 3 is 1.74 bits per heavy atom. The zero-order chi connectivity index (χ0) is 24.5. The van der Waals surface area contributed by atoms with Crippen LogP contribution in [0.4, 0.5) is 0 Å². The van der Waals surface area contributed by atoms with Crippen LogP contribution in [0, 0.1) is 0 Å². The molecule has 2 aromatic carbocycles. The minimum atomic E-state index is -0.774. The Morgan fingerprint density at radius 2 is 1.26 bits per heavy atom. The van der Waals surface area contributed by atoms with Gasteiger partial charge in [-0.05, 0) is 55.2 Å². The zero-order valence-corrected chi connectivity index (χ0v) is 21.1. The molecule has 180 valence electrons. The minimum absolute atomic E-state index is 0.151. The first kappa shape index (κ1) is 25.6. The lowest BCUT2D eigenvalue weighted by atomic mass is 9.94. The quantitative estimate of drug-likeness (QED) is 0.287. The monoisotopic (exact) mass is 500 g/mol. The van der Waals surface area contributed by atoms with Gasteiger partial charge in [0, 0.05) is 0 Å². The van der Waals surface area contributed by atoms with E-state index in [1.807, 2.05) is 50.2 Å². The van der Waals surface area contributed by atoms with Gasteiger partial charge in [-0.1, -0.05) is 38.8 Å². The molecular weight excluding hydrogens is 472 g/mol. The number of nitrogens with zero attached hydrogens (tertiary/aromatic N) is 4. The van der Waals surface area contributed by atoms with Crippen molar-refractivity contribution in [3.63, 3.8) is 0 Å². The van der Waals surface area contributed by atoms with Gasteiger partial charge in [-0.3, -0.25) is 9.59 Å². The molecule has 0 aliphatic carbocycles. The summed E-state index contributed by atoms with van der Waals surface area (Å²) in [5.74, 6) is -1.55. The van der Waals surface area contributed by atoms with Gasteiger partial charge in [-0.2, -0.15) is 17.5 Å². The first-order valence-electron chi connectivity index (χ1n) is 11.3. The molecule has 0 amide bonds. The molecule has 2 aromatic heterocycles. The average molecular weight is 501 g/mol. The molecule has 0 bridgehead atoms. The first-order valence-corrected chi connectivity index (χ1v) is 12.8. The Hall–Kier alpha value is -2.98. The van der Waals surface area contributed by atoms with E-state index in [9.17, 15) is 9.59 Å². The van der Waals surface area contributed by atoms with Gasteiger partial charge in [0.2, 0.25) is 0 Å². The summed E-state index contributed by atoms with van der Waals surface area (Å²) in [5, 5.41) is 9.15. The molecule has 1 N–H and O–H groups in total. The second-order valence-electron chi connectivity index (χ2n) is 7.80. The third-order valence-corrected chi connectivity index (χ3v) is 6.50. The maximum Gasteiger partial charge on any atom is 0.313 e. The number of carbonyl (C=O) groups excluding carboxylic acids is 1. The molecule has 2 heterocycles. The molecule has 2 unspecified atom stereocenters. The SMILES string of the molecule is CCCC(C(=O)O)c1ccc2nsnc2c1.CCCC(C(=O)OCC)c1ccc2nsnc2c1. The van der Waals surface area contributed by atoms with Gasteiger partial charge in [0.25, 0.3) is 0 Å². The third-order valence-electron chi connectivity index (χ3n) is 5.38. The zero-order valence-electron chi connectivity index (χ0n) is 19.4. The summed E-state index contributed by atoms with van der Waals surface area (Å²) in [4.78, 5) is 23.1.